The van der Waals surface area contributed by atoms with E-state index in [0.29, 0.717) is 5.41 Å². The van der Waals surface area contributed by atoms with Crippen molar-refractivity contribution in [3.05, 3.63) is 11.4 Å². The Morgan fingerprint density at radius 2 is 1.67 bits per heavy atom. The van der Waals surface area contributed by atoms with Gasteiger partial charge >= 0.3 is 0 Å². The van der Waals surface area contributed by atoms with E-state index in [1.54, 1.807) is 0 Å². The molecule has 0 saturated heterocycles. The SMILES string of the molecule is CCC(C)(C)n1nnc2c1CC[C@@H]1C(CC2)C1C(C)(C)C. The minimum Gasteiger partial charge on any atom is -0.244 e. The Hall–Kier alpha value is -0.860. The second-order valence-corrected chi connectivity index (χ2v) is 8.86. The first-order chi connectivity index (χ1) is 9.75. The van der Waals surface area contributed by atoms with Gasteiger partial charge in [-0.2, -0.15) is 0 Å². The van der Waals surface area contributed by atoms with Crippen LogP contribution in [0.4, 0.5) is 0 Å². The third-order valence-electron chi connectivity index (χ3n) is 6.04. The van der Waals surface area contributed by atoms with E-state index in [0.717, 1.165) is 30.6 Å². The summed E-state index contributed by atoms with van der Waals surface area (Å²) in [5, 5.41) is 9.02. The van der Waals surface area contributed by atoms with Crippen LogP contribution >= 0.6 is 0 Å². The molecule has 21 heavy (non-hydrogen) atoms. The van der Waals surface area contributed by atoms with Crippen LogP contribution in [0.25, 0.3) is 0 Å². The summed E-state index contributed by atoms with van der Waals surface area (Å²) < 4.78 is 2.22. The molecule has 1 fully saturated rings. The fraction of sp³-hybridized carbons (Fsp3) is 0.889. The van der Waals surface area contributed by atoms with Crippen molar-refractivity contribution in [3.63, 3.8) is 0 Å². The van der Waals surface area contributed by atoms with Gasteiger partial charge in [0.05, 0.1) is 16.9 Å². The molecule has 3 nitrogen and oxygen atoms in total. The van der Waals surface area contributed by atoms with Crippen LogP contribution in [0.15, 0.2) is 0 Å². The Kier molecular flexibility index (Phi) is 3.46. The number of aromatic nitrogens is 3. The van der Waals surface area contributed by atoms with E-state index in [4.69, 9.17) is 0 Å². The lowest BCUT2D eigenvalue weighted by atomic mass is 9.87. The Labute approximate surface area is 129 Å². The smallest absolute Gasteiger partial charge is 0.0859 e. The normalized spacial score (nSPS) is 29.3. The molecule has 0 spiro atoms. The van der Waals surface area contributed by atoms with Crippen LogP contribution in [-0.4, -0.2) is 15.0 Å². The van der Waals surface area contributed by atoms with Crippen molar-refractivity contribution in [2.75, 3.05) is 0 Å². The minimum absolute atomic E-state index is 0.0894. The van der Waals surface area contributed by atoms with Crippen molar-refractivity contribution in [1.29, 1.82) is 0 Å². The van der Waals surface area contributed by atoms with E-state index in [1.807, 2.05) is 0 Å². The van der Waals surface area contributed by atoms with E-state index in [2.05, 4.69) is 56.5 Å². The lowest BCUT2D eigenvalue weighted by Crippen LogP contribution is -2.29. The summed E-state index contributed by atoms with van der Waals surface area (Å²) in [6, 6.07) is 0. The van der Waals surface area contributed by atoms with Crippen LogP contribution in [-0.2, 0) is 18.4 Å². The van der Waals surface area contributed by atoms with E-state index in [1.165, 1.54) is 30.7 Å². The molecule has 2 aliphatic carbocycles. The molecule has 1 aromatic heterocycles. The molecule has 0 aliphatic heterocycles. The molecule has 2 unspecified atom stereocenters. The standard InChI is InChI=1S/C18H31N3/c1-7-18(5,6)21-15-11-9-13-12(16(13)17(2,3)4)8-10-14(15)19-20-21/h12-13,16H,7-11H2,1-6H3/t12?,13-,16?/m1/s1. The molecule has 3 rings (SSSR count). The molecule has 0 radical (unpaired) electrons. The quantitative estimate of drug-likeness (QED) is 0.816. The van der Waals surface area contributed by atoms with Crippen LogP contribution in [0.1, 0.15) is 72.2 Å². The number of fused-ring (bicyclic) bond motifs is 2. The molecular formula is C18H31N3. The highest BCUT2D eigenvalue weighted by Crippen LogP contribution is 2.60. The third kappa shape index (κ3) is 2.53. The number of nitrogens with zero attached hydrogens (tertiary/aromatic N) is 3. The van der Waals surface area contributed by atoms with Gasteiger partial charge in [0.1, 0.15) is 0 Å². The highest BCUT2D eigenvalue weighted by Gasteiger charge is 2.54. The van der Waals surface area contributed by atoms with Gasteiger partial charge in [-0.05, 0) is 69.1 Å². The molecule has 3 heteroatoms. The van der Waals surface area contributed by atoms with Crippen LogP contribution in [0.3, 0.4) is 0 Å². The zero-order valence-electron chi connectivity index (χ0n) is 14.6. The zero-order valence-corrected chi connectivity index (χ0v) is 14.6. The monoisotopic (exact) mass is 289 g/mol. The lowest BCUT2D eigenvalue weighted by Gasteiger charge is -2.25. The lowest BCUT2D eigenvalue weighted by molar-refractivity contribution is 0.288. The number of rotatable bonds is 2. The first-order valence-corrected chi connectivity index (χ1v) is 8.69. The van der Waals surface area contributed by atoms with Gasteiger partial charge in [0.25, 0.3) is 0 Å². The van der Waals surface area contributed by atoms with Gasteiger partial charge in [-0.1, -0.05) is 32.9 Å². The Balaban J connectivity index is 1.82. The van der Waals surface area contributed by atoms with Crippen molar-refractivity contribution in [3.8, 4) is 0 Å². The van der Waals surface area contributed by atoms with Gasteiger partial charge < -0.3 is 0 Å². The fourth-order valence-corrected chi connectivity index (χ4v) is 4.54. The summed E-state index contributed by atoms with van der Waals surface area (Å²) >= 11 is 0. The van der Waals surface area contributed by atoms with E-state index in [9.17, 15) is 0 Å². The van der Waals surface area contributed by atoms with Crippen molar-refractivity contribution >= 4 is 0 Å². The number of hydrogen-bond acceptors (Lipinski definition) is 2. The predicted octanol–water partition coefficient (Wildman–Crippen LogP) is 4.21. The summed E-state index contributed by atoms with van der Waals surface area (Å²) in [5.74, 6) is 2.79. The highest BCUT2D eigenvalue weighted by molar-refractivity contribution is 5.17. The van der Waals surface area contributed by atoms with Gasteiger partial charge in [-0.3, -0.25) is 0 Å². The van der Waals surface area contributed by atoms with Gasteiger partial charge in [-0.25, -0.2) is 4.68 Å². The summed E-state index contributed by atoms with van der Waals surface area (Å²) in [5.41, 5.74) is 3.24. The molecule has 0 N–H and O–H groups in total. The summed E-state index contributed by atoms with van der Waals surface area (Å²) in [4.78, 5) is 0. The van der Waals surface area contributed by atoms with Gasteiger partial charge in [0, 0.05) is 0 Å². The Morgan fingerprint density at radius 1 is 1.05 bits per heavy atom. The Bertz CT molecular complexity index is 521. The van der Waals surface area contributed by atoms with Crippen LogP contribution in [0, 0.1) is 23.2 Å². The van der Waals surface area contributed by atoms with Crippen molar-refractivity contribution in [1.82, 2.24) is 15.0 Å². The average Bonchev–Trinajstić information content (AvgIpc) is 2.92. The first kappa shape index (κ1) is 15.1. The second kappa shape index (κ2) is 4.82. The maximum absolute atomic E-state index is 4.53. The topological polar surface area (TPSA) is 30.7 Å². The van der Waals surface area contributed by atoms with E-state index >= 15 is 0 Å². The Morgan fingerprint density at radius 3 is 2.24 bits per heavy atom. The van der Waals surface area contributed by atoms with Crippen LogP contribution < -0.4 is 0 Å². The number of hydrogen-bond donors (Lipinski definition) is 0. The molecular weight excluding hydrogens is 258 g/mol. The van der Waals surface area contributed by atoms with E-state index in [-0.39, 0.29) is 5.54 Å². The molecule has 1 aromatic rings. The summed E-state index contributed by atoms with van der Waals surface area (Å²) in [7, 11) is 0. The maximum atomic E-state index is 4.53. The minimum atomic E-state index is 0.0894. The van der Waals surface area contributed by atoms with Gasteiger partial charge in [0.2, 0.25) is 0 Å². The molecule has 0 bridgehead atoms. The van der Waals surface area contributed by atoms with Gasteiger partial charge in [0.15, 0.2) is 0 Å². The zero-order chi connectivity index (χ0) is 15.4. The van der Waals surface area contributed by atoms with Crippen LogP contribution in [0.5, 0.6) is 0 Å². The first-order valence-electron chi connectivity index (χ1n) is 8.69. The van der Waals surface area contributed by atoms with E-state index < -0.39 is 0 Å². The second-order valence-electron chi connectivity index (χ2n) is 8.86. The average molecular weight is 289 g/mol. The molecule has 2 aliphatic rings. The van der Waals surface area contributed by atoms with Crippen LogP contribution in [0.2, 0.25) is 0 Å². The summed E-state index contributed by atoms with van der Waals surface area (Å²) in [6.07, 6.45) is 6.03. The number of aryl methyl sites for hydroxylation is 1. The largest absolute Gasteiger partial charge is 0.244 e. The molecule has 1 saturated carbocycles. The third-order valence-corrected chi connectivity index (χ3v) is 6.04. The van der Waals surface area contributed by atoms with Gasteiger partial charge in [-0.15, -0.1) is 5.10 Å². The molecule has 118 valence electrons. The highest BCUT2D eigenvalue weighted by atomic mass is 15.5. The molecule has 3 atom stereocenters. The molecule has 0 aromatic carbocycles. The predicted molar refractivity (Wildman–Crippen MR) is 86.2 cm³/mol. The maximum Gasteiger partial charge on any atom is 0.0859 e. The van der Waals surface area contributed by atoms with Crippen molar-refractivity contribution < 1.29 is 0 Å². The fourth-order valence-electron chi connectivity index (χ4n) is 4.54. The van der Waals surface area contributed by atoms with Crippen molar-refractivity contribution in [2.45, 2.75) is 79.2 Å². The molecule has 0 amide bonds. The van der Waals surface area contributed by atoms with Crippen molar-refractivity contribution in [2.24, 2.45) is 23.2 Å². The summed E-state index contributed by atoms with van der Waals surface area (Å²) in [6.45, 7) is 14.0. The molecule has 1 heterocycles.